The highest BCUT2D eigenvalue weighted by Crippen LogP contribution is 2.29. The molecule has 0 aliphatic rings. The van der Waals surface area contributed by atoms with Crippen molar-refractivity contribution in [3.05, 3.63) is 53.9 Å². The van der Waals surface area contributed by atoms with Gasteiger partial charge in [-0.15, -0.1) is 11.8 Å². The molecule has 2 rings (SSSR count). The van der Waals surface area contributed by atoms with Gasteiger partial charge in [0.25, 0.3) is 0 Å². The van der Waals surface area contributed by atoms with Crippen LogP contribution in [0.4, 0.5) is 0 Å². The number of ether oxygens (including phenoxy) is 1. The van der Waals surface area contributed by atoms with Crippen LogP contribution in [0.3, 0.4) is 0 Å². The number of hydrogen-bond acceptors (Lipinski definition) is 4. The van der Waals surface area contributed by atoms with Crippen LogP contribution in [0.15, 0.2) is 47.6 Å². The number of methoxy groups -OCH3 is 1. The second kappa shape index (κ2) is 8.05. The van der Waals surface area contributed by atoms with Crippen molar-refractivity contribution < 1.29 is 4.74 Å². The zero-order valence-electron chi connectivity index (χ0n) is 12.8. The molecule has 0 bridgehead atoms. The summed E-state index contributed by atoms with van der Waals surface area (Å²) in [7, 11) is 1.73. The van der Waals surface area contributed by atoms with Gasteiger partial charge >= 0.3 is 0 Å². The fourth-order valence-electron chi connectivity index (χ4n) is 2.20. The van der Waals surface area contributed by atoms with Crippen molar-refractivity contribution in [2.45, 2.75) is 30.5 Å². The first kappa shape index (κ1) is 15.9. The minimum Gasteiger partial charge on any atom is -0.496 e. The summed E-state index contributed by atoms with van der Waals surface area (Å²) in [6, 6.07) is 10.8. The van der Waals surface area contributed by atoms with E-state index in [9.17, 15) is 0 Å². The number of nitrogens with one attached hydrogen (secondary N) is 1. The zero-order valence-corrected chi connectivity index (χ0v) is 13.6. The summed E-state index contributed by atoms with van der Waals surface area (Å²) >= 11 is 1.80. The van der Waals surface area contributed by atoms with Gasteiger partial charge in [-0.2, -0.15) is 0 Å². The Morgan fingerprint density at radius 2 is 2.00 bits per heavy atom. The van der Waals surface area contributed by atoms with Crippen molar-refractivity contribution in [3.8, 4) is 5.75 Å². The maximum atomic E-state index is 5.48. The highest BCUT2D eigenvalue weighted by atomic mass is 32.2. The molecular formula is C17H22N2OS. The van der Waals surface area contributed by atoms with Crippen LogP contribution >= 0.6 is 11.8 Å². The topological polar surface area (TPSA) is 34.1 Å². The van der Waals surface area contributed by atoms with E-state index >= 15 is 0 Å². The van der Waals surface area contributed by atoms with E-state index < -0.39 is 0 Å². The van der Waals surface area contributed by atoms with E-state index in [-0.39, 0.29) is 0 Å². The normalized spacial score (nSPS) is 12.1. The third kappa shape index (κ3) is 4.48. The molecule has 0 saturated heterocycles. The van der Waals surface area contributed by atoms with Gasteiger partial charge in [0.1, 0.15) is 5.75 Å². The summed E-state index contributed by atoms with van der Waals surface area (Å²) in [4.78, 5) is 5.27. The molecule has 0 saturated carbocycles. The maximum Gasteiger partial charge on any atom is 0.122 e. The molecule has 0 aliphatic heterocycles. The lowest BCUT2D eigenvalue weighted by Crippen LogP contribution is -2.17. The first-order chi connectivity index (χ1) is 10.2. The quantitative estimate of drug-likeness (QED) is 0.782. The van der Waals surface area contributed by atoms with Crippen molar-refractivity contribution in [2.75, 3.05) is 13.7 Å². The van der Waals surface area contributed by atoms with Gasteiger partial charge in [0, 0.05) is 34.6 Å². The SMILES string of the molecule is CCNC(C)c1ccc(OC)c(CSc2ccncc2)c1. The molecule has 21 heavy (non-hydrogen) atoms. The number of nitrogens with zero attached hydrogens (tertiary/aromatic N) is 1. The van der Waals surface area contributed by atoms with Crippen LogP contribution in [-0.4, -0.2) is 18.6 Å². The molecule has 2 aromatic rings. The molecule has 0 amide bonds. The third-order valence-electron chi connectivity index (χ3n) is 3.36. The first-order valence-corrected chi connectivity index (χ1v) is 8.16. The molecule has 112 valence electrons. The van der Waals surface area contributed by atoms with E-state index in [0.717, 1.165) is 18.0 Å². The molecule has 0 fully saturated rings. The molecule has 1 heterocycles. The van der Waals surface area contributed by atoms with Crippen LogP contribution < -0.4 is 10.1 Å². The Bertz CT molecular complexity index is 560. The molecule has 1 unspecified atom stereocenters. The predicted molar refractivity (Wildman–Crippen MR) is 88.9 cm³/mol. The van der Waals surface area contributed by atoms with E-state index in [4.69, 9.17) is 4.74 Å². The monoisotopic (exact) mass is 302 g/mol. The standard InChI is InChI=1S/C17H22N2OS/c1-4-19-13(2)14-5-6-17(20-3)15(11-14)12-21-16-7-9-18-10-8-16/h5-11,13,19H,4,12H2,1-3H3. The molecular weight excluding hydrogens is 280 g/mol. The van der Waals surface area contributed by atoms with Crippen LogP contribution in [0.25, 0.3) is 0 Å². The molecule has 3 nitrogen and oxygen atoms in total. The van der Waals surface area contributed by atoms with Gasteiger partial charge in [-0.1, -0.05) is 13.0 Å². The number of hydrogen-bond donors (Lipinski definition) is 1. The Morgan fingerprint density at radius 1 is 1.24 bits per heavy atom. The Kier molecular flexibility index (Phi) is 6.08. The number of pyridine rings is 1. The number of thioether (sulfide) groups is 1. The number of benzene rings is 1. The highest BCUT2D eigenvalue weighted by molar-refractivity contribution is 7.98. The fraction of sp³-hybridized carbons (Fsp3) is 0.353. The predicted octanol–water partition coefficient (Wildman–Crippen LogP) is 4.05. The van der Waals surface area contributed by atoms with E-state index in [1.165, 1.54) is 16.0 Å². The molecule has 0 spiro atoms. The zero-order chi connectivity index (χ0) is 15.1. The number of rotatable bonds is 7. The summed E-state index contributed by atoms with van der Waals surface area (Å²) in [5, 5.41) is 3.44. The molecule has 0 radical (unpaired) electrons. The minimum atomic E-state index is 0.352. The summed E-state index contributed by atoms with van der Waals surface area (Å²) in [6.45, 7) is 5.28. The Balaban J connectivity index is 2.14. The van der Waals surface area contributed by atoms with Gasteiger partial charge in [0.15, 0.2) is 0 Å². The molecule has 1 N–H and O–H groups in total. The molecule has 0 aliphatic carbocycles. The molecule has 1 aromatic carbocycles. The van der Waals surface area contributed by atoms with Gasteiger partial charge in [-0.25, -0.2) is 0 Å². The van der Waals surface area contributed by atoms with Crippen LogP contribution in [0.1, 0.15) is 31.0 Å². The van der Waals surface area contributed by atoms with E-state index in [0.29, 0.717) is 6.04 Å². The molecule has 1 aromatic heterocycles. The highest BCUT2D eigenvalue weighted by Gasteiger charge is 2.09. The van der Waals surface area contributed by atoms with E-state index in [1.807, 2.05) is 24.5 Å². The Morgan fingerprint density at radius 3 is 2.67 bits per heavy atom. The molecule has 4 heteroatoms. The van der Waals surface area contributed by atoms with Gasteiger partial charge < -0.3 is 10.1 Å². The average Bonchev–Trinajstić information content (AvgIpc) is 2.54. The van der Waals surface area contributed by atoms with Gasteiger partial charge in [-0.05, 0) is 43.3 Å². The van der Waals surface area contributed by atoms with Crippen molar-refractivity contribution >= 4 is 11.8 Å². The third-order valence-corrected chi connectivity index (χ3v) is 4.42. The smallest absolute Gasteiger partial charge is 0.122 e. The van der Waals surface area contributed by atoms with Gasteiger partial charge in [0.2, 0.25) is 0 Å². The van der Waals surface area contributed by atoms with Crippen molar-refractivity contribution in [1.82, 2.24) is 10.3 Å². The van der Waals surface area contributed by atoms with Gasteiger partial charge in [-0.3, -0.25) is 4.98 Å². The Labute approximate surface area is 131 Å². The van der Waals surface area contributed by atoms with Crippen molar-refractivity contribution in [2.24, 2.45) is 0 Å². The second-order valence-electron chi connectivity index (χ2n) is 4.82. The Hall–Kier alpha value is -1.52. The largest absolute Gasteiger partial charge is 0.496 e. The van der Waals surface area contributed by atoms with Crippen LogP contribution in [0, 0.1) is 0 Å². The number of aromatic nitrogens is 1. The van der Waals surface area contributed by atoms with Crippen molar-refractivity contribution in [3.63, 3.8) is 0 Å². The average molecular weight is 302 g/mol. The van der Waals surface area contributed by atoms with Crippen LogP contribution in [0.5, 0.6) is 5.75 Å². The lowest BCUT2D eigenvalue weighted by molar-refractivity contribution is 0.411. The van der Waals surface area contributed by atoms with Gasteiger partial charge in [0.05, 0.1) is 7.11 Å². The lowest BCUT2D eigenvalue weighted by Gasteiger charge is -2.16. The summed E-state index contributed by atoms with van der Waals surface area (Å²) in [5.41, 5.74) is 2.52. The maximum absolute atomic E-state index is 5.48. The van der Waals surface area contributed by atoms with Crippen molar-refractivity contribution in [1.29, 1.82) is 0 Å². The van der Waals surface area contributed by atoms with Crippen LogP contribution in [0.2, 0.25) is 0 Å². The molecule has 1 atom stereocenters. The summed E-state index contributed by atoms with van der Waals surface area (Å²) in [5.74, 6) is 1.84. The van der Waals surface area contributed by atoms with E-state index in [1.54, 1.807) is 18.9 Å². The van der Waals surface area contributed by atoms with E-state index in [2.05, 4.69) is 42.3 Å². The lowest BCUT2D eigenvalue weighted by atomic mass is 10.0. The van der Waals surface area contributed by atoms with Crippen LogP contribution in [-0.2, 0) is 5.75 Å². The first-order valence-electron chi connectivity index (χ1n) is 7.17. The fourth-order valence-corrected chi connectivity index (χ4v) is 3.06. The minimum absolute atomic E-state index is 0.352. The summed E-state index contributed by atoms with van der Waals surface area (Å²) in [6.07, 6.45) is 3.65. The summed E-state index contributed by atoms with van der Waals surface area (Å²) < 4.78 is 5.48. The second-order valence-corrected chi connectivity index (χ2v) is 5.87.